The Bertz CT molecular complexity index is 1200. The molecule has 1 heterocycles. The summed E-state index contributed by atoms with van der Waals surface area (Å²) >= 11 is 6.16. The van der Waals surface area contributed by atoms with Gasteiger partial charge in [-0.15, -0.1) is 0 Å². The van der Waals surface area contributed by atoms with Crippen molar-refractivity contribution < 1.29 is 9.59 Å². The topological polar surface area (TPSA) is 40.6 Å². The lowest BCUT2D eigenvalue weighted by Crippen LogP contribution is -2.35. The first-order chi connectivity index (χ1) is 14.9. The Morgan fingerprint density at radius 1 is 0.871 bits per heavy atom. The van der Waals surface area contributed by atoms with Gasteiger partial charge in [-0.25, -0.2) is 4.90 Å². The van der Waals surface area contributed by atoms with Gasteiger partial charge in [-0.05, 0) is 62.2 Å². The van der Waals surface area contributed by atoms with Crippen LogP contribution in [0.5, 0.6) is 0 Å². The first-order valence-corrected chi connectivity index (χ1v) is 10.6. The van der Waals surface area contributed by atoms with Gasteiger partial charge in [0.15, 0.2) is 0 Å². The summed E-state index contributed by atoms with van der Waals surface area (Å²) < 4.78 is 0. The number of halogens is 1. The standard InChI is InChI=1S/C26H23ClN2O2/c1-4-28(20-10-6-5-7-11-20)24-23(22-14-13-17(2)15-18(22)3)25(30)29(26(24)31)21-12-8-9-19(27)16-21/h5-16H,4H2,1-3H3. The number of carbonyl (C=O) groups is 2. The van der Waals surface area contributed by atoms with Gasteiger partial charge in [0.1, 0.15) is 5.70 Å². The highest BCUT2D eigenvalue weighted by Gasteiger charge is 2.43. The highest BCUT2D eigenvalue weighted by atomic mass is 35.5. The Morgan fingerprint density at radius 2 is 1.61 bits per heavy atom. The third kappa shape index (κ3) is 3.75. The molecule has 0 aromatic heterocycles. The molecule has 2 amide bonds. The predicted molar refractivity (Wildman–Crippen MR) is 126 cm³/mol. The number of para-hydroxylation sites is 1. The van der Waals surface area contributed by atoms with Crippen LogP contribution >= 0.6 is 11.6 Å². The van der Waals surface area contributed by atoms with Crippen LogP contribution in [0.2, 0.25) is 5.02 Å². The molecule has 0 radical (unpaired) electrons. The first kappa shape index (κ1) is 20.9. The van der Waals surface area contributed by atoms with E-state index >= 15 is 0 Å². The van der Waals surface area contributed by atoms with Crippen molar-refractivity contribution in [3.8, 4) is 0 Å². The monoisotopic (exact) mass is 430 g/mol. The van der Waals surface area contributed by atoms with E-state index in [4.69, 9.17) is 11.6 Å². The summed E-state index contributed by atoms with van der Waals surface area (Å²) in [5.74, 6) is -0.698. The number of hydrogen-bond donors (Lipinski definition) is 0. The Labute approximate surface area is 187 Å². The maximum Gasteiger partial charge on any atom is 0.282 e. The van der Waals surface area contributed by atoms with Crippen LogP contribution < -0.4 is 9.80 Å². The van der Waals surface area contributed by atoms with E-state index in [0.717, 1.165) is 22.4 Å². The molecule has 5 heteroatoms. The number of aryl methyl sites for hydroxylation is 2. The highest BCUT2D eigenvalue weighted by molar-refractivity contribution is 6.46. The minimum atomic E-state index is -0.354. The lowest BCUT2D eigenvalue weighted by Gasteiger charge is -2.25. The van der Waals surface area contributed by atoms with Crippen molar-refractivity contribution in [2.75, 3.05) is 16.3 Å². The van der Waals surface area contributed by atoms with E-state index < -0.39 is 0 Å². The van der Waals surface area contributed by atoms with E-state index in [9.17, 15) is 9.59 Å². The minimum Gasteiger partial charge on any atom is -0.337 e. The van der Waals surface area contributed by atoms with E-state index in [-0.39, 0.29) is 11.8 Å². The molecule has 0 aliphatic carbocycles. The van der Waals surface area contributed by atoms with Gasteiger partial charge in [-0.1, -0.05) is 59.6 Å². The summed E-state index contributed by atoms with van der Waals surface area (Å²) in [5, 5.41) is 0.468. The number of benzene rings is 3. The Hall–Kier alpha value is -3.37. The maximum atomic E-state index is 13.7. The Morgan fingerprint density at radius 3 is 2.26 bits per heavy atom. The fourth-order valence-electron chi connectivity index (χ4n) is 4.03. The summed E-state index contributed by atoms with van der Waals surface area (Å²) in [6.07, 6.45) is 0. The van der Waals surface area contributed by atoms with Crippen molar-refractivity contribution in [2.24, 2.45) is 0 Å². The SMILES string of the molecule is CCN(C1=C(c2ccc(C)cc2C)C(=O)N(c2cccc(Cl)c2)C1=O)c1ccccc1. The zero-order valence-electron chi connectivity index (χ0n) is 17.7. The summed E-state index contributed by atoms with van der Waals surface area (Å²) in [7, 11) is 0. The molecular formula is C26H23ClN2O2. The number of carbonyl (C=O) groups excluding carboxylic acids is 2. The van der Waals surface area contributed by atoms with Crippen LogP contribution in [0.15, 0.2) is 78.5 Å². The van der Waals surface area contributed by atoms with Crippen LogP contribution in [0.1, 0.15) is 23.6 Å². The van der Waals surface area contributed by atoms with Gasteiger partial charge in [0, 0.05) is 17.3 Å². The average molecular weight is 431 g/mol. The summed E-state index contributed by atoms with van der Waals surface area (Å²) in [6.45, 7) is 6.48. The van der Waals surface area contributed by atoms with Gasteiger partial charge < -0.3 is 4.90 Å². The lowest BCUT2D eigenvalue weighted by atomic mass is 9.97. The van der Waals surface area contributed by atoms with E-state index in [1.165, 1.54) is 4.90 Å². The number of anilines is 2. The Kier molecular flexibility index (Phi) is 5.66. The molecule has 0 N–H and O–H groups in total. The molecule has 0 saturated carbocycles. The molecular weight excluding hydrogens is 408 g/mol. The van der Waals surface area contributed by atoms with Crippen LogP contribution in [0.4, 0.5) is 11.4 Å². The molecule has 0 saturated heterocycles. The quantitative estimate of drug-likeness (QED) is 0.482. The predicted octanol–water partition coefficient (Wildman–Crippen LogP) is 5.77. The van der Waals surface area contributed by atoms with Crippen molar-refractivity contribution in [2.45, 2.75) is 20.8 Å². The fourth-order valence-corrected chi connectivity index (χ4v) is 4.22. The van der Waals surface area contributed by atoms with Gasteiger partial charge in [-0.2, -0.15) is 0 Å². The first-order valence-electron chi connectivity index (χ1n) is 10.2. The zero-order chi connectivity index (χ0) is 22.1. The van der Waals surface area contributed by atoms with E-state index in [1.807, 2.05) is 74.2 Å². The molecule has 0 bridgehead atoms. The number of imide groups is 1. The number of likely N-dealkylation sites (N-methyl/N-ethyl adjacent to an activating group) is 1. The summed E-state index contributed by atoms with van der Waals surface area (Å²) in [6, 6.07) is 22.4. The molecule has 1 aliphatic heterocycles. The van der Waals surface area contributed by atoms with Crippen LogP contribution in [-0.4, -0.2) is 18.4 Å². The van der Waals surface area contributed by atoms with E-state index in [0.29, 0.717) is 28.5 Å². The summed E-state index contributed by atoms with van der Waals surface area (Å²) in [4.78, 5) is 30.6. The van der Waals surface area contributed by atoms with Crippen molar-refractivity contribution in [3.05, 3.63) is 100 Å². The number of rotatable bonds is 5. The van der Waals surface area contributed by atoms with Gasteiger partial charge in [-0.3, -0.25) is 9.59 Å². The molecule has 0 fully saturated rings. The lowest BCUT2D eigenvalue weighted by molar-refractivity contribution is -0.120. The molecule has 4 rings (SSSR count). The van der Waals surface area contributed by atoms with Crippen LogP contribution in [0.3, 0.4) is 0 Å². The van der Waals surface area contributed by atoms with Gasteiger partial charge >= 0.3 is 0 Å². The maximum absolute atomic E-state index is 13.7. The second-order valence-electron chi connectivity index (χ2n) is 7.55. The van der Waals surface area contributed by atoms with Crippen molar-refractivity contribution >= 4 is 40.4 Å². The number of hydrogen-bond acceptors (Lipinski definition) is 3. The molecule has 0 atom stereocenters. The van der Waals surface area contributed by atoms with Crippen molar-refractivity contribution in [1.82, 2.24) is 0 Å². The highest BCUT2D eigenvalue weighted by Crippen LogP contribution is 2.38. The van der Waals surface area contributed by atoms with E-state index in [1.54, 1.807) is 24.3 Å². The number of amides is 2. The van der Waals surface area contributed by atoms with Gasteiger partial charge in [0.25, 0.3) is 11.8 Å². The van der Waals surface area contributed by atoms with Crippen LogP contribution in [0.25, 0.3) is 5.57 Å². The van der Waals surface area contributed by atoms with E-state index in [2.05, 4.69) is 0 Å². The molecule has 0 unspecified atom stereocenters. The molecule has 4 nitrogen and oxygen atoms in total. The molecule has 156 valence electrons. The second-order valence-corrected chi connectivity index (χ2v) is 7.98. The smallest absolute Gasteiger partial charge is 0.282 e. The largest absolute Gasteiger partial charge is 0.337 e. The summed E-state index contributed by atoms with van der Waals surface area (Å²) in [5.41, 5.74) is 4.92. The molecule has 31 heavy (non-hydrogen) atoms. The fraction of sp³-hybridized carbons (Fsp3) is 0.154. The van der Waals surface area contributed by atoms with Gasteiger partial charge in [0.05, 0.1) is 11.3 Å². The van der Waals surface area contributed by atoms with Crippen LogP contribution in [-0.2, 0) is 9.59 Å². The average Bonchev–Trinajstić information content (AvgIpc) is 3.00. The molecule has 0 spiro atoms. The molecule has 3 aromatic rings. The minimum absolute atomic E-state index is 0.344. The third-order valence-electron chi connectivity index (χ3n) is 5.43. The van der Waals surface area contributed by atoms with Crippen molar-refractivity contribution in [3.63, 3.8) is 0 Å². The second kappa shape index (κ2) is 8.40. The zero-order valence-corrected chi connectivity index (χ0v) is 18.5. The normalized spacial score (nSPS) is 13.9. The third-order valence-corrected chi connectivity index (χ3v) is 5.67. The van der Waals surface area contributed by atoms with Crippen molar-refractivity contribution in [1.29, 1.82) is 0 Å². The number of nitrogens with zero attached hydrogens (tertiary/aromatic N) is 2. The molecule has 3 aromatic carbocycles. The van der Waals surface area contributed by atoms with Gasteiger partial charge in [0.2, 0.25) is 0 Å². The molecule has 1 aliphatic rings. The van der Waals surface area contributed by atoms with Crippen LogP contribution in [0, 0.1) is 13.8 Å². The Balaban J connectivity index is 1.95.